The van der Waals surface area contributed by atoms with Crippen LogP contribution in [0.5, 0.6) is 23.3 Å². The molecule has 140 valence electrons. The summed E-state index contributed by atoms with van der Waals surface area (Å²) in [5.41, 5.74) is 1.66. The highest BCUT2D eigenvalue weighted by molar-refractivity contribution is 5.51. The van der Waals surface area contributed by atoms with Crippen molar-refractivity contribution in [3.8, 4) is 34.7 Å². The van der Waals surface area contributed by atoms with Crippen LogP contribution in [-0.4, -0.2) is 40.6 Å². The summed E-state index contributed by atoms with van der Waals surface area (Å²) in [6.45, 7) is 0. The van der Waals surface area contributed by atoms with E-state index in [-0.39, 0.29) is 12.0 Å². The molecule has 1 N–H and O–H groups in total. The van der Waals surface area contributed by atoms with Crippen LogP contribution in [0, 0.1) is 0 Å². The number of methoxy groups -OCH3 is 2. The zero-order valence-electron chi connectivity index (χ0n) is 15.0. The number of aromatic hydroxyl groups is 1. The van der Waals surface area contributed by atoms with Crippen molar-refractivity contribution in [2.24, 2.45) is 0 Å². The summed E-state index contributed by atoms with van der Waals surface area (Å²) in [6, 6.07) is 7.31. The zero-order valence-corrected chi connectivity index (χ0v) is 15.0. The van der Waals surface area contributed by atoms with Crippen LogP contribution >= 0.6 is 0 Å². The van der Waals surface area contributed by atoms with Crippen molar-refractivity contribution in [3.05, 3.63) is 42.2 Å². The molecule has 0 saturated heterocycles. The quantitative estimate of drug-likeness (QED) is 0.707. The van der Waals surface area contributed by atoms with Gasteiger partial charge in [-0.3, -0.25) is 0 Å². The highest BCUT2D eigenvalue weighted by Gasteiger charge is 2.33. The molecular formula is C19H19N3O5. The number of hydrogen-bond acceptors (Lipinski definition) is 8. The summed E-state index contributed by atoms with van der Waals surface area (Å²) < 4.78 is 21.5. The average molecular weight is 369 g/mol. The van der Waals surface area contributed by atoms with Crippen molar-refractivity contribution in [1.82, 2.24) is 15.1 Å². The molecule has 2 heterocycles. The highest BCUT2D eigenvalue weighted by atomic mass is 16.5. The fourth-order valence-corrected chi connectivity index (χ4v) is 3.06. The number of aromatic nitrogens is 3. The van der Waals surface area contributed by atoms with Crippen LogP contribution in [0.25, 0.3) is 11.5 Å². The number of rotatable bonds is 6. The van der Waals surface area contributed by atoms with Crippen molar-refractivity contribution in [2.75, 3.05) is 14.2 Å². The van der Waals surface area contributed by atoms with Gasteiger partial charge in [0.25, 0.3) is 5.88 Å². The van der Waals surface area contributed by atoms with E-state index in [4.69, 9.17) is 18.7 Å². The summed E-state index contributed by atoms with van der Waals surface area (Å²) in [6.07, 6.45) is 4.92. The van der Waals surface area contributed by atoms with Gasteiger partial charge in [0.05, 0.1) is 32.7 Å². The highest BCUT2D eigenvalue weighted by Crippen LogP contribution is 2.41. The third-order valence-corrected chi connectivity index (χ3v) is 4.61. The molecule has 8 nitrogen and oxygen atoms in total. The third kappa shape index (κ3) is 3.64. The van der Waals surface area contributed by atoms with E-state index in [0.717, 1.165) is 24.3 Å². The minimum absolute atomic E-state index is 0.0849. The van der Waals surface area contributed by atoms with Gasteiger partial charge >= 0.3 is 0 Å². The van der Waals surface area contributed by atoms with Crippen LogP contribution in [0.4, 0.5) is 0 Å². The molecule has 1 fully saturated rings. The van der Waals surface area contributed by atoms with Crippen molar-refractivity contribution in [3.63, 3.8) is 0 Å². The summed E-state index contributed by atoms with van der Waals surface area (Å²) in [5, 5.41) is 12.6. The van der Waals surface area contributed by atoms with Gasteiger partial charge in [-0.05, 0) is 41.6 Å². The Kier molecular flexibility index (Phi) is 4.53. The normalized spacial score (nSPS) is 18.6. The Bertz CT molecular complexity index is 897. The SMILES string of the molecule is COc1cc(OC)cc([C@H]2C[C@@H](Oc3cnc(-c4cc(O)no4)cn3)C2)c1. The van der Waals surface area contributed by atoms with Gasteiger partial charge in [0, 0.05) is 6.07 Å². The van der Waals surface area contributed by atoms with Crippen molar-refractivity contribution in [1.29, 1.82) is 0 Å². The topological polar surface area (TPSA) is 99.7 Å². The molecule has 0 radical (unpaired) electrons. The lowest BCUT2D eigenvalue weighted by Gasteiger charge is -2.35. The van der Waals surface area contributed by atoms with Crippen LogP contribution in [0.2, 0.25) is 0 Å². The number of nitrogens with zero attached hydrogens (tertiary/aromatic N) is 3. The number of hydrogen-bond donors (Lipinski definition) is 1. The van der Waals surface area contributed by atoms with E-state index < -0.39 is 0 Å². The Balaban J connectivity index is 1.36. The van der Waals surface area contributed by atoms with E-state index in [2.05, 4.69) is 15.1 Å². The minimum atomic E-state index is -0.193. The Labute approximate surface area is 155 Å². The molecule has 4 rings (SSSR count). The van der Waals surface area contributed by atoms with Gasteiger partial charge in [-0.25, -0.2) is 9.97 Å². The van der Waals surface area contributed by atoms with Gasteiger partial charge in [-0.15, -0.1) is 0 Å². The monoisotopic (exact) mass is 369 g/mol. The van der Waals surface area contributed by atoms with Crippen LogP contribution in [-0.2, 0) is 0 Å². The first kappa shape index (κ1) is 17.1. The summed E-state index contributed by atoms with van der Waals surface area (Å²) in [4.78, 5) is 8.48. The molecule has 0 aliphatic heterocycles. The second kappa shape index (κ2) is 7.14. The first-order valence-electron chi connectivity index (χ1n) is 8.52. The molecule has 27 heavy (non-hydrogen) atoms. The van der Waals surface area contributed by atoms with Crippen LogP contribution in [0.3, 0.4) is 0 Å². The van der Waals surface area contributed by atoms with Crippen molar-refractivity contribution < 1.29 is 23.8 Å². The lowest BCUT2D eigenvalue weighted by atomic mass is 9.77. The van der Waals surface area contributed by atoms with Crippen LogP contribution in [0.15, 0.2) is 41.2 Å². The minimum Gasteiger partial charge on any atom is -0.497 e. The summed E-state index contributed by atoms with van der Waals surface area (Å²) in [5.74, 6) is 2.57. The molecule has 1 aliphatic carbocycles. The summed E-state index contributed by atoms with van der Waals surface area (Å²) in [7, 11) is 3.29. The number of ether oxygens (including phenoxy) is 3. The van der Waals surface area contributed by atoms with Gasteiger partial charge in [0.15, 0.2) is 5.76 Å². The van der Waals surface area contributed by atoms with Gasteiger partial charge in [0.2, 0.25) is 5.88 Å². The van der Waals surface area contributed by atoms with E-state index >= 15 is 0 Å². The Morgan fingerprint density at radius 1 is 1.00 bits per heavy atom. The van der Waals surface area contributed by atoms with Crippen molar-refractivity contribution in [2.45, 2.75) is 24.9 Å². The zero-order chi connectivity index (χ0) is 18.8. The fourth-order valence-electron chi connectivity index (χ4n) is 3.06. The molecule has 0 amide bonds. The predicted molar refractivity (Wildman–Crippen MR) is 95.1 cm³/mol. The second-order valence-electron chi connectivity index (χ2n) is 6.34. The van der Waals surface area contributed by atoms with E-state index in [1.807, 2.05) is 18.2 Å². The van der Waals surface area contributed by atoms with Crippen LogP contribution < -0.4 is 14.2 Å². The molecular weight excluding hydrogens is 350 g/mol. The van der Waals surface area contributed by atoms with Gasteiger partial charge < -0.3 is 23.8 Å². The summed E-state index contributed by atoms with van der Waals surface area (Å²) >= 11 is 0. The Morgan fingerprint density at radius 3 is 2.30 bits per heavy atom. The van der Waals surface area contributed by atoms with Crippen molar-refractivity contribution >= 4 is 0 Å². The molecule has 0 atom stereocenters. The largest absolute Gasteiger partial charge is 0.497 e. The van der Waals surface area contributed by atoms with Crippen LogP contribution in [0.1, 0.15) is 24.3 Å². The smallest absolute Gasteiger partial charge is 0.252 e. The molecule has 1 aliphatic rings. The Hall–Kier alpha value is -3.29. The maximum Gasteiger partial charge on any atom is 0.252 e. The molecule has 0 spiro atoms. The predicted octanol–water partition coefficient (Wildman–Crippen LogP) is 3.18. The molecule has 1 saturated carbocycles. The number of benzene rings is 1. The lowest BCUT2D eigenvalue weighted by molar-refractivity contribution is 0.0929. The third-order valence-electron chi connectivity index (χ3n) is 4.61. The molecule has 0 unspecified atom stereocenters. The Morgan fingerprint density at radius 2 is 1.74 bits per heavy atom. The molecule has 2 aromatic heterocycles. The van der Waals surface area contributed by atoms with Gasteiger partial charge in [-0.1, -0.05) is 0 Å². The van der Waals surface area contributed by atoms with E-state index in [1.54, 1.807) is 14.2 Å². The molecule has 0 bridgehead atoms. The fraction of sp³-hybridized carbons (Fsp3) is 0.316. The molecule has 3 aromatic rings. The van der Waals surface area contributed by atoms with Gasteiger partial charge in [0.1, 0.15) is 23.3 Å². The van der Waals surface area contributed by atoms with E-state index in [0.29, 0.717) is 23.3 Å². The maximum atomic E-state index is 9.22. The first-order chi connectivity index (χ1) is 13.1. The average Bonchev–Trinajstić information content (AvgIpc) is 3.10. The van der Waals surface area contributed by atoms with E-state index in [9.17, 15) is 5.11 Å². The molecule has 8 heteroatoms. The first-order valence-corrected chi connectivity index (χ1v) is 8.52. The lowest BCUT2D eigenvalue weighted by Crippen LogP contribution is -2.32. The molecule has 1 aromatic carbocycles. The van der Waals surface area contributed by atoms with E-state index in [1.165, 1.54) is 24.0 Å². The second-order valence-corrected chi connectivity index (χ2v) is 6.34. The standard InChI is InChI=1S/C19H19N3O5/c1-24-13-3-11(4-14(7-13)25-2)12-5-15(6-12)26-19-10-20-16(9-21-19)17-8-18(23)22-27-17/h3-4,7-10,12,15H,5-6H2,1-2H3,(H,22,23)/t12-,15+. The maximum absolute atomic E-state index is 9.22. The van der Waals surface area contributed by atoms with Gasteiger partial charge in [-0.2, -0.15) is 0 Å².